The third kappa shape index (κ3) is 4.81. The molecule has 8 heteroatoms. The van der Waals surface area contributed by atoms with Gasteiger partial charge >= 0.3 is 5.97 Å². The fourth-order valence-corrected chi connectivity index (χ4v) is 5.18. The summed E-state index contributed by atoms with van der Waals surface area (Å²) in [7, 11) is -3.75. The molecule has 1 aliphatic rings. The van der Waals surface area contributed by atoms with Crippen molar-refractivity contribution in [2.45, 2.75) is 37.1 Å². The van der Waals surface area contributed by atoms with E-state index in [9.17, 15) is 13.2 Å². The number of aryl methyl sites for hydroxylation is 1. The van der Waals surface area contributed by atoms with Gasteiger partial charge in [0.05, 0.1) is 4.90 Å². The molecule has 3 aromatic rings. The Kier molecular flexibility index (Phi) is 6.25. The van der Waals surface area contributed by atoms with Crippen LogP contribution in [0.4, 0.5) is 0 Å². The highest BCUT2D eigenvalue weighted by atomic mass is 32.2. The molecule has 1 unspecified atom stereocenters. The molecule has 0 amide bonds. The van der Waals surface area contributed by atoms with Gasteiger partial charge in [-0.1, -0.05) is 30.3 Å². The second-order valence-electron chi connectivity index (χ2n) is 7.79. The number of carboxylic acids is 1. The Morgan fingerprint density at radius 2 is 1.88 bits per heavy atom. The highest BCUT2D eigenvalue weighted by Gasteiger charge is 2.27. The molecule has 1 atom stereocenters. The molecule has 0 radical (unpaired) electrons. The maximum Gasteiger partial charge on any atom is 0.341 e. The van der Waals surface area contributed by atoms with Crippen molar-refractivity contribution in [2.75, 3.05) is 6.61 Å². The summed E-state index contributed by atoms with van der Waals surface area (Å²) in [4.78, 5) is 15.3. The second kappa shape index (κ2) is 9.10. The number of hydrogen-bond acceptors (Lipinski definition) is 5. The Morgan fingerprint density at radius 1 is 1.12 bits per heavy atom. The summed E-state index contributed by atoms with van der Waals surface area (Å²) in [5.41, 5.74) is 4.41. The largest absolute Gasteiger partial charge is 0.482 e. The number of nitrogens with one attached hydrogen (secondary N) is 1. The van der Waals surface area contributed by atoms with Crippen LogP contribution in [0.5, 0.6) is 5.75 Å². The predicted molar refractivity (Wildman–Crippen MR) is 120 cm³/mol. The molecule has 1 heterocycles. The van der Waals surface area contributed by atoms with Crippen LogP contribution in [-0.4, -0.2) is 31.1 Å². The molecule has 7 nitrogen and oxygen atoms in total. The van der Waals surface area contributed by atoms with Crippen molar-refractivity contribution in [1.29, 1.82) is 0 Å². The van der Waals surface area contributed by atoms with Crippen molar-refractivity contribution >= 4 is 16.0 Å². The van der Waals surface area contributed by atoms with Gasteiger partial charge in [-0.2, -0.15) is 0 Å². The number of benzene rings is 2. The van der Waals surface area contributed by atoms with Crippen LogP contribution >= 0.6 is 0 Å². The molecule has 166 valence electrons. The molecule has 0 saturated carbocycles. The maximum absolute atomic E-state index is 13.1. The van der Waals surface area contributed by atoms with Crippen molar-refractivity contribution in [3.63, 3.8) is 0 Å². The van der Waals surface area contributed by atoms with Crippen LogP contribution in [0.1, 0.15) is 35.7 Å². The number of ether oxygens (including phenoxy) is 1. The van der Waals surface area contributed by atoms with Crippen molar-refractivity contribution in [3.05, 3.63) is 77.6 Å². The van der Waals surface area contributed by atoms with E-state index in [0.29, 0.717) is 18.6 Å². The van der Waals surface area contributed by atoms with E-state index < -0.39 is 28.6 Å². The number of rotatable bonds is 7. The number of carboxylic acid groups (broad SMARTS) is 1. The standard InChI is InChI=1S/C24H24N2O5S/c1-16-8-9-18(14-25-16)17-10-12-19(13-11-17)32(29,30)26-22-6-2-5-21-20(22)4-3-7-23(21)31-15-24(27)28/h3-4,7-14,22,26H,2,5-6,15H2,1H3,(H,27,28). The number of carbonyl (C=O) groups is 1. The minimum Gasteiger partial charge on any atom is -0.482 e. The van der Waals surface area contributed by atoms with E-state index in [-0.39, 0.29) is 4.90 Å². The molecule has 0 spiro atoms. The SMILES string of the molecule is Cc1ccc(-c2ccc(S(=O)(=O)NC3CCCc4c(OCC(=O)O)cccc43)cc2)cn1. The summed E-state index contributed by atoms with van der Waals surface area (Å²) < 4.78 is 34.4. The van der Waals surface area contributed by atoms with E-state index in [0.717, 1.165) is 34.4 Å². The van der Waals surface area contributed by atoms with Gasteiger partial charge in [0, 0.05) is 23.5 Å². The van der Waals surface area contributed by atoms with Crippen LogP contribution in [0.25, 0.3) is 11.1 Å². The van der Waals surface area contributed by atoms with Crippen LogP contribution in [0.2, 0.25) is 0 Å². The lowest BCUT2D eigenvalue weighted by molar-refractivity contribution is -0.139. The van der Waals surface area contributed by atoms with E-state index in [1.165, 1.54) is 0 Å². The van der Waals surface area contributed by atoms with Crippen LogP contribution in [0.15, 0.2) is 65.7 Å². The fraction of sp³-hybridized carbons (Fsp3) is 0.250. The topological polar surface area (TPSA) is 106 Å². The summed E-state index contributed by atoms with van der Waals surface area (Å²) >= 11 is 0. The quantitative estimate of drug-likeness (QED) is 0.564. The van der Waals surface area contributed by atoms with Gasteiger partial charge in [0.15, 0.2) is 6.61 Å². The van der Waals surface area contributed by atoms with E-state index in [4.69, 9.17) is 9.84 Å². The molecular formula is C24H24N2O5S. The van der Waals surface area contributed by atoms with Gasteiger partial charge in [0.1, 0.15) is 5.75 Å². The third-order valence-corrected chi connectivity index (χ3v) is 7.01. The summed E-state index contributed by atoms with van der Waals surface area (Å²) in [5.74, 6) is -0.564. The van der Waals surface area contributed by atoms with Gasteiger partial charge in [-0.15, -0.1) is 0 Å². The Morgan fingerprint density at radius 3 is 2.56 bits per heavy atom. The summed E-state index contributed by atoms with van der Waals surface area (Å²) in [5, 5.41) is 8.89. The monoisotopic (exact) mass is 452 g/mol. The Balaban J connectivity index is 1.55. The maximum atomic E-state index is 13.1. The minimum absolute atomic E-state index is 0.187. The number of pyridine rings is 1. The first kappa shape index (κ1) is 22.0. The number of nitrogens with zero attached hydrogens (tertiary/aromatic N) is 1. The Bertz CT molecular complexity index is 1220. The first-order valence-corrected chi connectivity index (χ1v) is 11.8. The van der Waals surface area contributed by atoms with Crippen LogP contribution in [0.3, 0.4) is 0 Å². The highest BCUT2D eigenvalue weighted by molar-refractivity contribution is 7.89. The molecule has 0 fully saturated rings. The number of fused-ring (bicyclic) bond motifs is 1. The fourth-order valence-electron chi connectivity index (χ4n) is 3.93. The first-order chi connectivity index (χ1) is 15.3. The molecule has 2 N–H and O–H groups in total. The second-order valence-corrected chi connectivity index (χ2v) is 9.50. The molecule has 0 aliphatic heterocycles. The first-order valence-electron chi connectivity index (χ1n) is 10.4. The van der Waals surface area contributed by atoms with Gasteiger partial charge in [0.2, 0.25) is 10.0 Å². The van der Waals surface area contributed by atoms with Crippen molar-refractivity contribution in [1.82, 2.24) is 9.71 Å². The van der Waals surface area contributed by atoms with Crippen LogP contribution in [0, 0.1) is 6.92 Å². The van der Waals surface area contributed by atoms with Gasteiger partial charge in [0.25, 0.3) is 0 Å². The lowest BCUT2D eigenvalue weighted by Crippen LogP contribution is -2.31. The molecule has 32 heavy (non-hydrogen) atoms. The summed E-state index contributed by atoms with van der Waals surface area (Å²) in [6.07, 6.45) is 3.90. The zero-order valence-electron chi connectivity index (χ0n) is 17.6. The van der Waals surface area contributed by atoms with Crippen molar-refractivity contribution < 1.29 is 23.1 Å². The zero-order chi connectivity index (χ0) is 22.7. The minimum atomic E-state index is -3.75. The van der Waals surface area contributed by atoms with Gasteiger partial charge in [-0.25, -0.2) is 17.9 Å². The predicted octanol–water partition coefficient (Wildman–Crippen LogP) is 3.88. The van der Waals surface area contributed by atoms with Crippen molar-refractivity contribution in [3.8, 4) is 16.9 Å². The number of hydrogen-bond donors (Lipinski definition) is 2. The normalized spacial score (nSPS) is 15.7. The zero-order valence-corrected chi connectivity index (χ0v) is 18.4. The molecular weight excluding hydrogens is 428 g/mol. The average molecular weight is 453 g/mol. The third-order valence-electron chi connectivity index (χ3n) is 5.52. The van der Waals surface area contributed by atoms with E-state index in [2.05, 4.69) is 9.71 Å². The summed E-state index contributed by atoms with van der Waals surface area (Å²) in [6, 6.07) is 15.5. The van der Waals surface area contributed by atoms with E-state index in [1.807, 2.05) is 25.1 Å². The average Bonchev–Trinajstić information content (AvgIpc) is 2.78. The Labute approximate surface area is 187 Å². The van der Waals surface area contributed by atoms with Crippen molar-refractivity contribution in [2.24, 2.45) is 0 Å². The van der Waals surface area contributed by atoms with Gasteiger partial charge in [-0.3, -0.25) is 4.98 Å². The molecule has 2 aromatic carbocycles. The number of sulfonamides is 1. The summed E-state index contributed by atoms with van der Waals surface area (Å²) in [6.45, 7) is 1.48. The molecule has 0 bridgehead atoms. The van der Waals surface area contributed by atoms with E-state index in [1.54, 1.807) is 42.6 Å². The smallest absolute Gasteiger partial charge is 0.341 e. The number of aromatic nitrogens is 1. The molecule has 1 aliphatic carbocycles. The lowest BCUT2D eigenvalue weighted by Gasteiger charge is -2.27. The Hall–Kier alpha value is -3.23. The number of aliphatic carboxylic acids is 1. The van der Waals surface area contributed by atoms with Crippen LogP contribution < -0.4 is 9.46 Å². The molecule has 0 saturated heterocycles. The van der Waals surface area contributed by atoms with Gasteiger partial charge in [-0.05, 0) is 67.1 Å². The van der Waals surface area contributed by atoms with E-state index >= 15 is 0 Å². The van der Waals surface area contributed by atoms with Crippen LogP contribution in [-0.2, 0) is 21.2 Å². The lowest BCUT2D eigenvalue weighted by atomic mass is 9.87. The van der Waals surface area contributed by atoms with Gasteiger partial charge < -0.3 is 9.84 Å². The highest BCUT2D eigenvalue weighted by Crippen LogP contribution is 2.36. The molecule has 4 rings (SSSR count). The molecule has 1 aromatic heterocycles.